The van der Waals surface area contributed by atoms with Crippen molar-refractivity contribution < 1.29 is 9.90 Å². The largest absolute Gasteiger partial charge is 0.481 e. The maximum Gasteiger partial charge on any atom is 0.306 e. The van der Waals surface area contributed by atoms with Crippen molar-refractivity contribution in [3.8, 4) is 0 Å². The third kappa shape index (κ3) is 4.10. The van der Waals surface area contributed by atoms with Crippen molar-refractivity contribution in [2.45, 2.75) is 38.3 Å². The Hall–Kier alpha value is -0.770. The molecule has 1 aliphatic rings. The number of carbonyl (C=O) groups is 1. The Morgan fingerprint density at radius 3 is 2.84 bits per heavy atom. The van der Waals surface area contributed by atoms with Crippen molar-refractivity contribution in [3.05, 3.63) is 33.8 Å². The lowest BCUT2D eigenvalue weighted by Gasteiger charge is -2.27. The van der Waals surface area contributed by atoms with Gasteiger partial charge in [0, 0.05) is 22.6 Å². The number of carboxylic acid groups (broad SMARTS) is 1. The summed E-state index contributed by atoms with van der Waals surface area (Å²) < 4.78 is 0. The topological polar surface area (TPSA) is 49.3 Å². The first kappa shape index (κ1) is 14.6. The molecule has 2 N–H and O–H groups in total. The summed E-state index contributed by atoms with van der Waals surface area (Å²) in [4.78, 5) is 11.0. The van der Waals surface area contributed by atoms with Crippen LogP contribution in [0.15, 0.2) is 18.2 Å². The number of aliphatic carboxylic acids is 1. The minimum Gasteiger partial charge on any atom is -0.481 e. The maximum atomic E-state index is 11.0. The molecule has 0 bridgehead atoms. The summed E-state index contributed by atoms with van der Waals surface area (Å²) in [6.45, 7) is 0.646. The van der Waals surface area contributed by atoms with E-state index in [-0.39, 0.29) is 12.0 Å². The van der Waals surface area contributed by atoms with Gasteiger partial charge in [-0.3, -0.25) is 4.79 Å². The van der Waals surface area contributed by atoms with Crippen LogP contribution in [0.25, 0.3) is 0 Å². The van der Waals surface area contributed by atoms with Crippen molar-refractivity contribution in [3.63, 3.8) is 0 Å². The Balaban J connectivity index is 1.89. The lowest BCUT2D eigenvalue weighted by atomic mass is 9.86. The molecule has 1 fully saturated rings. The quantitative estimate of drug-likeness (QED) is 0.891. The first-order valence-electron chi connectivity index (χ1n) is 6.46. The van der Waals surface area contributed by atoms with E-state index >= 15 is 0 Å². The van der Waals surface area contributed by atoms with E-state index in [0.29, 0.717) is 23.0 Å². The average Bonchev–Trinajstić information content (AvgIpc) is 2.38. The monoisotopic (exact) mass is 301 g/mol. The predicted octanol–water partition coefficient (Wildman–Crippen LogP) is 3.73. The Morgan fingerprint density at radius 1 is 1.37 bits per heavy atom. The van der Waals surface area contributed by atoms with Gasteiger partial charge in [0.1, 0.15) is 0 Å². The molecule has 0 heterocycles. The number of carboxylic acids is 1. The summed E-state index contributed by atoms with van der Waals surface area (Å²) in [5, 5.41) is 13.7. The highest BCUT2D eigenvalue weighted by atomic mass is 35.5. The fourth-order valence-corrected chi connectivity index (χ4v) is 2.99. The van der Waals surface area contributed by atoms with Crippen LogP contribution in [0.2, 0.25) is 10.0 Å². The van der Waals surface area contributed by atoms with Crippen molar-refractivity contribution in [2.75, 3.05) is 0 Å². The molecule has 3 nitrogen and oxygen atoms in total. The van der Waals surface area contributed by atoms with Gasteiger partial charge >= 0.3 is 5.97 Å². The fraction of sp³-hybridized carbons (Fsp3) is 0.500. The molecule has 1 aromatic rings. The van der Waals surface area contributed by atoms with Crippen molar-refractivity contribution in [1.29, 1.82) is 0 Å². The number of benzene rings is 1. The molecule has 2 unspecified atom stereocenters. The van der Waals surface area contributed by atoms with E-state index < -0.39 is 5.97 Å². The molecule has 1 aliphatic carbocycles. The lowest BCUT2D eigenvalue weighted by Crippen LogP contribution is -2.36. The van der Waals surface area contributed by atoms with Gasteiger partial charge in [-0.25, -0.2) is 0 Å². The average molecular weight is 302 g/mol. The smallest absolute Gasteiger partial charge is 0.306 e. The molecular weight excluding hydrogens is 285 g/mol. The van der Waals surface area contributed by atoms with Crippen LogP contribution in [-0.4, -0.2) is 17.1 Å². The lowest BCUT2D eigenvalue weighted by molar-refractivity contribution is -0.143. The maximum absolute atomic E-state index is 11.0. The third-order valence-electron chi connectivity index (χ3n) is 3.62. The standard InChI is InChI=1S/C14H17Cl2NO2/c15-11-5-4-10(13(16)7-11)8-17-12-3-1-2-9(6-12)14(18)19/h4-5,7,9,12,17H,1-3,6,8H2,(H,18,19). The van der Waals surface area contributed by atoms with Crippen LogP contribution in [0, 0.1) is 5.92 Å². The van der Waals surface area contributed by atoms with E-state index in [1.807, 2.05) is 12.1 Å². The molecule has 19 heavy (non-hydrogen) atoms. The molecule has 104 valence electrons. The first-order valence-corrected chi connectivity index (χ1v) is 7.22. The Bertz CT molecular complexity index is 465. The highest BCUT2D eigenvalue weighted by molar-refractivity contribution is 6.35. The van der Waals surface area contributed by atoms with Gasteiger partial charge in [0.25, 0.3) is 0 Å². The molecular formula is C14H17Cl2NO2. The van der Waals surface area contributed by atoms with Crippen LogP contribution >= 0.6 is 23.2 Å². The van der Waals surface area contributed by atoms with Gasteiger partial charge in [0.05, 0.1) is 5.92 Å². The van der Waals surface area contributed by atoms with E-state index in [1.165, 1.54) is 0 Å². The molecule has 0 spiro atoms. The van der Waals surface area contributed by atoms with Crippen LogP contribution in [0.5, 0.6) is 0 Å². The second-order valence-electron chi connectivity index (χ2n) is 5.02. The van der Waals surface area contributed by atoms with Crippen LogP contribution in [0.3, 0.4) is 0 Å². The van der Waals surface area contributed by atoms with Gasteiger partial charge < -0.3 is 10.4 Å². The molecule has 0 radical (unpaired) electrons. The van der Waals surface area contributed by atoms with E-state index in [2.05, 4.69) is 5.32 Å². The third-order valence-corrected chi connectivity index (χ3v) is 4.21. The minimum atomic E-state index is -0.684. The molecule has 0 saturated heterocycles. The summed E-state index contributed by atoms with van der Waals surface area (Å²) in [6.07, 6.45) is 3.47. The molecule has 5 heteroatoms. The number of nitrogens with one attached hydrogen (secondary N) is 1. The van der Waals surface area contributed by atoms with Crippen LogP contribution in [0.4, 0.5) is 0 Å². The molecule has 0 amide bonds. The second-order valence-corrected chi connectivity index (χ2v) is 5.86. The molecule has 1 saturated carbocycles. The molecule has 2 rings (SSSR count). The van der Waals surface area contributed by atoms with E-state index in [4.69, 9.17) is 28.3 Å². The van der Waals surface area contributed by atoms with E-state index in [9.17, 15) is 4.79 Å². The summed E-state index contributed by atoms with van der Waals surface area (Å²) >= 11 is 12.0. The van der Waals surface area contributed by atoms with Gasteiger partial charge in [-0.1, -0.05) is 35.7 Å². The van der Waals surface area contributed by atoms with Crippen molar-refractivity contribution in [2.24, 2.45) is 5.92 Å². The molecule has 2 atom stereocenters. The summed E-state index contributed by atoms with van der Waals surface area (Å²) in [5.41, 5.74) is 0.989. The van der Waals surface area contributed by atoms with Crippen LogP contribution < -0.4 is 5.32 Å². The minimum absolute atomic E-state index is 0.216. The van der Waals surface area contributed by atoms with Crippen LogP contribution in [0.1, 0.15) is 31.2 Å². The predicted molar refractivity (Wildman–Crippen MR) is 76.7 cm³/mol. The first-order chi connectivity index (χ1) is 9.06. The highest BCUT2D eigenvalue weighted by Gasteiger charge is 2.26. The summed E-state index contributed by atoms with van der Waals surface area (Å²) in [5.74, 6) is -0.900. The number of halogens is 2. The zero-order valence-electron chi connectivity index (χ0n) is 10.5. The Kier molecular flexibility index (Phi) is 5.08. The van der Waals surface area contributed by atoms with Crippen molar-refractivity contribution in [1.82, 2.24) is 5.32 Å². The van der Waals surface area contributed by atoms with Crippen LogP contribution in [-0.2, 0) is 11.3 Å². The van der Waals surface area contributed by atoms with Gasteiger partial charge in [0.15, 0.2) is 0 Å². The van der Waals surface area contributed by atoms with E-state index in [1.54, 1.807) is 6.07 Å². The highest BCUT2D eigenvalue weighted by Crippen LogP contribution is 2.26. The number of rotatable bonds is 4. The SMILES string of the molecule is O=C(O)C1CCCC(NCc2ccc(Cl)cc2Cl)C1. The van der Waals surface area contributed by atoms with Gasteiger partial charge in [-0.05, 0) is 37.0 Å². The number of hydrogen-bond donors (Lipinski definition) is 2. The Morgan fingerprint density at radius 2 is 2.16 bits per heavy atom. The van der Waals surface area contributed by atoms with Gasteiger partial charge in [-0.2, -0.15) is 0 Å². The fourth-order valence-electron chi connectivity index (χ4n) is 2.52. The molecule has 1 aromatic carbocycles. The van der Waals surface area contributed by atoms with E-state index in [0.717, 1.165) is 24.8 Å². The number of hydrogen-bond acceptors (Lipinski definition) is 2. The zero-order valence-corrected chi connectivity index (χ0v) is 12.0. The normalized spacial score (nSPS) is 23.3. The summed E-state index contributed by atoms with van der Waals surface area (Å²) in [7, 11) is 0. The Labute approximate surface area is 122 Å². The van der Waals surface area contributed by atoms with Gasteiger partial charge in [0.2, 0.25) is 0 Å². The molecule has 0 aromatic heterocycles. The second kappa shape index (κ2) is 6.60. The van der Waals surface area contributed by atoms with Gasteiger partial charge in [-0.15, -0.1) is 0 Å². The molecule has 0 aliphatic heterocycles. The summed E-state index contributed by atoms with van der Waals surface area (Å²) in [6, 6.07) is 5.68. The zero-order chi connectivity index (χ0) is 13.8. The van der Waals surface area contributed by atoms with Crippen molar-refractivity contribution >= 4 is 29.2 Å².